The van der Waals surface area contributed by atoms with Crippen LogP contribution < -0.4 is 16.1 Å². The minimum absolute atomic E-state index is 0.123. The Balaban J connectivity index is 2.26. The van der Waals surface area contributed by atoms with Gasteiger partial charge < -0.3 is 15.5 Å². The van der Waals surface area contributed by atoms with Crippen molar-refractivity contribution in [1.82, 2.24) is 21.0 Å². The molecule has 7 nitrogen and oxygen atoms in total. The largest absolute Gasteiger partial charge is 0.339 e. The fraction of sp³-hybridized carbons (Fsp3) is 0.467. The molecule has 0 aromatic heterocycles. The Labute approximate surface area is 157 Å². The molecule has 13 heteroatoms. The van der Waals surface area contributed by atoms with Gasteiger partial charge in [-0.15, -0.1) is 0 Å². The lowest BCUT2D eigenvalue weighted by Gasteiger charge is -2.48. The molecule has 1 aromatic rings. The van der Waals surface area contributed by atoms with Crippen molar-refractivity contribution < 1.29 is 34.2 Å². The predicted molar refractivity (Wildman–Crippen MR) is 92.9 cm³/mol. The van der Waals surface area contributed by atoms with Gasteiger partial charge in [-0.3, -0.25) is 14.8 Å². The number of nitrogens with one attached hydrogen (secondary N) is 3. The number of benzene rings is 1. The van der Waals surface area contributed by atoms with Crippen LogP contribution in [0.4, 0.5) is 19.4 Å². The molecule has 0 radical (unpaired) electrons. The number of rotatable bonds is 7. The highest BCUT2D eigenvalue weighted by Gasteiger charge is 2.65. The van der Waals surface area contributed by atoms with E-state index in [9.17, 15) is 29.0 Å². The molecule has 1 fully saturated rings. The first-order chi connectivity index (χ1) is 12.6. The first-order valence-corrected chi connectivity index (χ1v) is 9.97. The van der Waals surface area contributed by atoms with E-state index in [4.69, 9.17) is 5.21 Å². The molecule has 1 aliphatic heterocycles. The van der Waals surface area contributed by atoms with Crippen LogP contribution >= 0.6 is 10.2 Å². The summed E-state index contributed by atoms with van der Waals surface area (Å²) in [5, 5.41) is 14.3. The number of hydroxylamine groups is 1. The predicted octanol–water partition coefficient (Wildman–Crippen LogP) is 2.10. The second-order valence-corrected chi connectivity index (χ2v) is 9.49. The van der Waals surface area contributed by atoms with E-state index >= 15 is 0 Å². The monoisotopic (exact) mass is 432 g/mol. The van der Waals surface area contributed by atoms with Crippen LogP contribution in [0.1, 0.15) is 10.4 Å². The Bertz CT molecular complexity index is 767. The number of nitrogens with zero attached hydrogens (tertiary/aromatic N) is 1. The van der Waals surface area contributed by atoms with E-state index < -0.39 is 38.4 Å². The lowest BCUT2D eigenvalue weighted by Crippen LogP contribution is -2.71. The molecule has 1 atom stereocenters. The molecule has 2 rings (SSSR count). The molecule has 1 heterocycles. The highest BCUT2D eigenvalue weighted by atomic mass is 32.5. The summed E-state index contributed by atoms with van der Waals surface area (Å²) in [6.45, 7) is 1.04. The van der Waals surface area contributed by atoms with E-state index in [0.29, 0.717) is 31.8 Å². The van der Waals surface area contributed by atoms with Crippen molar-refractivity contribution in [2.75, 3.05) is 33.7 Å². The second-order valence-electron chi connectivity index (χ2n) is 7.08. The Morgan fingerprint density at radius 3 is 2.07 bits per heavy atom. The van der Waals surface area contributed by atoms with Gasteiger partial charge in [0.25, 0.3) is 11.8 Å². The molecule has 1 saturated heterocycles. The second kappa shape index (κ2) is 6.54. The zero-order chi connectivity index (χ0) is 21.4. The summed E-state index contributed by atoms with van der Waals surface area (Å²) < 4.78 is 63.9. The molecular weight excluding hydrogens is 411 g/mol. The van der Waals surface area contributed by atoms with Gasteiger partial charge in [0.1, 0.15) is 10.9 Å². The number of carbonyl (C=O) groups excluding carboxylic acids is 2. The number of hydrogen-bond acceptors (Lipinski definition) is 5. The van der Waals surface area contributed by atoms with E-state index in [1.807, 2.05) is 0 Å². The van der Waals surface area contributed by atoms with Crippen molar-refractivity contribution >= 4 is 22.0 Å². The molecule has 2 amide bonds. The maximum Gasteiger partial charge on any atom is 0.310 e. The Kier molecular flexibility index (Phi) is 5.22. The summed E-state index contributed by atoms with van der Waals surface area (Å²) in [7, 11) is -6.35. The summed E-state index contributed by atoms with van der Waals surface area (Å²) in [5.41, 5.74) is 0.357. The minimum atomic E-state index is -9.84. The average molecular weight is 432 g/mol. The smallest absolute Gasteiger partial charge is 0.310 e. The third kappa shape index (κ3) is 4.90. The molecule has 0 bridgehead atoms. The van der Waals surface area contributed by atoms with E-state index in [1.165, 1.54) is 5.48 Å². The number of carbonyl (C=O) groups is 2. The Hall–Kier alpha value is -1.96. The summed E-state index contributed by atoms with van der Waals surface area (Å²) in [5.74, 6) is -1.84. The van der Waals surface area contributed by atoms with Gasteiger partial charge in [0.15, 0.2) is 0 Å². The van der Waals surface area contributed by atoms with Crippen LogP contribution in [0.3, 0.4) is 0 Å². The van der Waals surface area contributed by atoms with Gasteiger partial charge >= 0.3 is 10.2 Å². The van der Waals surface area contributed by atoms with Crippen LogP contribution in [0.5, 0.6) is 0 Å². The summed E-state index contributed by atoms with van der Waals surface area (Å²) in [6.07, 6.45) is 0. The molecule has 0 saturated carbocycles. The van der Waals surface area contributed by atoms with E-state index in [1.54, 1.807) is 19.0 Å². The fourth-order valence-electron chi connectivity index (χ4n) is 3.12. The quantitative estimate of drug-likeness (QED) is 0.301. The summed E-state index contributed by atoms with van der Waals surface area (Å²) in [6, 6.07) is 0.252. The molecule has 0 aliphatic carbocycles. The van der Waals surface area contributed by atoms with Gasteiger partial charge in [-0.1, -0.05) is 19.4 Å². The topological polar surface area (TPSA) is 93.7 Å². The molecule has 28 heavy (non-hydrogen) atoms. The zero-order valence-electron chi connectivity index (χ0n) is 15.0. The SMILES string of the molecule is CN(C)CC1([C@H](NC(=O)c2ccc(S(F)(F)(F)(F)F)cc2)C(=O)NO)CNC1. The van der Waals surface area contributed by atoms with Crippen molar-refractivity contribution in [3.8, 4) is 0 Å². The summed E-state index contributed by atoms with van der Waals surface area (Å²) >= 11 is 0. The maximum absolute atomic E-state index is 12.8. The van der Waals surface area contributed by atoms with Crippen molar-refractivity contribution in [1.29, 1.82) is 0 Å². The Morgan fingerprint density at radius 2 is 1.71 bits per heavy atom. The van der Waals surface area contributed by atoms with Gasteiger partial charge in [-0.25, -0.2) is 5.48 Å². The zero-order valence-corrected chi connectivity index (χ0v) is 15.8. The minimum Gasteiger partial charge on any atom is -0.339 e. The normalized spacial score (nSPS) is 19.8. The number of halogens is 5. The van der Waals surface area contributed by atoms with Gasteiger partial charge in [0.2, 0.25) is 0 Å². The van der Waals surface area contributed by atoms with Crippen LogP contribution in [0.2, 0.25) is 0 Å². The Morgan fingerprint density at radius 1 is 1.18 bits per heavy atom. The third-order valence-corrected chi connectivity index (χ3v) is 5.57. The van der Waals surface area contributed by atoms with Crippen LogP contribution in [-0.2, 0) is 4.79 Å². The lowest BCUT2D eigenvalue weighted by molar-refractivity contribution is -0.136. The van der Waals surface area contributed by atoms with Crippen LogP contribution in [0.25, 0.3) is 0 Å². The fourth-order valence-corrected chi connectivity index (χ4v) is 3.77. The molecule has 1 aromatic carbocycles. The molecule has 0 spiro atoms. The van der Waals surface area contributed by atoms with Crippen LogP contribution in [-0.4, -0.2) is 61.7 Å². The van der Waals surface area contributed by atoms with Crippen molar-refractivity contribution in [3.05, 3.63) is 29.8 Å². The molecule has 4 N–H and O–H groups in total. The number of amides is 2. The van der Waals surface area contributed by atoms with E-state index in [2.05, 4.69) is 10.6 Å². The molecule has 1 aliphatic rings. The van der Waals surface area contributed by atoms with Crippen molar-refractivity contribution in [2.45, 2.75) is 10.9 Å². The molecular formula is C15H21F5N4O3S. The van der Waals surface area contributed by atoms with Gasteiger partial charge in [-0.2, -0.15) is 0 Å². The van der Waals surface area contributed by atoms with Crippen LogP contribution in [0, 0.1) is 5.41 Å². The lowest BCUT2D eigenvalue weighted by atomic mass is 9.73. The van der Waals surface area contributed by atoms with E-state index in [-0.39, 0.29) is 17.7 Å². The first kappa shape index (κ1) is 22.3. The van der Waals surface area contributed by atoms with Crippen LogP contribution in [0.15, 0.2) is 29.2 Å². The highest BCUT2D eigenvalue weighted by molar-refractivity contribution is 8.45. The molecule has 0 unspecified atom stereocenters. The van der Waals surface area contributed by atoms with Gasteiger partial charge in [0, 0.05) is 30.6 Å². The first-order valence-electron chi connectivity index (χ1n) is 8.02. The maximum atomic E-state index is 12.8. The van der Waals surface area contributed by atoms with Crippen molar-refractivity contribution in [3.63, 3.8) is 0 Å². The third-order valence-electron chi connectivity index (χ3n) is 4.41. The standard InChI is InChI=1S/C15H21F5N4O3S/c1-24(2)9-15(7-21-8-15)12(14(26)23-27)22-13(25)10-3-5-11(6-4-10)28(16,17,18,19)20/h3-6,12,21,27H,7-9H2,1-2H3,(H,22,25)(H,23,26)/t12-/m1/s1. The van der Waals surface area contributed by atoms with E-state index in [0.717, 1.165) is 0 Å². The van der Waals surface area contributed by atoms with Gasteiger partial charge in [-0.05, 0) is 38.4 Å². The molecule has 160 valence electrons. The average Bonchev–Trinajstić information content (AvgIpc) is 2.53. The van der Waals surface area contributed by atoms with Crippen molar-refractivity contribution in [2.24, 2.45) is 5.41 Å². The van der Waals surface area contributed by atoms with Gasteiger partial charge in [0.05, 0.1) is 0 Å². The summed E-state index contributed by atoms with van der Waals surface area (Å²) in [4.78, 5) is 24.2. The highest BCUT2D eigenvalue weighted by Crippen LogP contribution is 3.02. The number of hydrogen-bond donors (Lipinski definition) is 4.